The van der Waals surface area contributed by atoms with Gasteiger partial charge in [-0.15, -0.1) is 0 Å². The van der Waals surface area contributed by atoms with Crippen molar-refractivity contribution in [3.05, 3.63) is 0 Å². The van der Waals surface area contributed by atoms with E-state index in [0.29, 0.717) is 19.4 Å². The monoisotopic (exact) mass is 269 g/mol. The van der Waals surface area contributed by atoms with E-state index >= 15 is 0 Å². The van der Waals surface area contributed by atoms with Crippen LogP contribution in [0.2, 0.25) is 0 Å². The van der Waals surface area contributed by atoms with Crippen LogP contribution < -0.4 is 0 Å². The van der Waals surface area contributed by atoms with Crippen molar-refractivity contribution < 1.29 is 19.4 Å². The molecule has 2 fully saturated rings. The van der Waals surface area contributed by atoms with Crippen molar-refractivity contribution in [2.45, 2.75) is 63.5 Å². The molecule has 2 rings (SSSR count). The maximum Gasteiger partial charge on any atom is 0.326 e. The standard InChI is InChI=1S/C14H23NO4/c16-13(8-7-11-5-4-10-19-11)15-9-3-1-2-6-12(15)14(17)18/h11-12H,1-10H2,(H,17,18). The van der Waals surface area contributed by atoms with Crippen molar-refractivity contribution in [2.75, 3.05) is 13.2 Å². The number of nitrogens with zero attached hydrogens (tertiary/aromatic N) is 1. The molecule has 0 radical (unpaired) electrons. The van der Waals surface area contributed by atoms with Crippen LogP contribution in [0.1, 0.15) is 51.4 Å². The first kappa shape index (κ1) is 14.3. The number of likely N-dealkylation sites (tertiary alicyclic amines) is 1. The van der Waals surface area contributed by atoms with Gasteiger partial charge in [0.2, 0.25) is 5.91 Å². The van der Waals surface area contributed by atoms with E-state index in [-0.39, 0.29) is 12.0 Å². The summed E-state index contributed by atoms with van der Waals surface area (Å²) in [6.45, 7) is 1.38. The average Bonchev–Trinajstić information content (AvgIpc) is 2.77. The third-order valence-corrected chi connectivity index (χ3v) is 4.06. The van der Waals surface area contributed by atoms with Gasteiger partial charge in [-0.3, -0.25) is 4.79 Å². The summed E-state index contributed by atoms with van der Waals surface area (Å²) in [5.74, 6) is -0.892. The lowest BCUT2D eigenvalue weighted by Gasteiger charge is -2.27. The first-order chi connectivity index (χ1) is 9.18. The fourth-order valence-electron chi connectivity index (χ4n) is 2.96. The second-order valence-electron chi connectivity index (χ2n) is 5.46. The van der Waals surface area contributed by atoms with Gasteiger partial charge in [-0.1, -0.05) is 12.8 Å². The molecule has 19 heavy (non-hydrogen) atoms. The van der Waals surface area contributed by atoms with Crippen molar-refractivity contribution >= 4 is 11.9 Å². The topological polar surface area (TPSA) is 66.8 Å². The van der Waals surface area contributed by atoms with Crippen LogP contribution in [0.15, 0.2) is 0 Å². The number of carbonyl (C=O) groups excluding carboxylic acids is 1. The number of carbonyl (C=O) groups is 2. The number of carboxylic acids is 1. The Morgan fingerprint density at radius 1 is 1.16 bits per heavy atom. The summed E-state index contributed by atoms with van der Waals surface area (Å²) >= 11 is 0. The highest BCUT2D eigenvalue weighted by molar-refractivity contribution is 5.83. The molecule has 0 aromatic carbocycles. The van der Waals surface area contributed by atoms with Crippen LogP contribution in [-0.4, -0.2) is 47.2 Å². The molecule has 108 valence electrons. The summed E-state index contributed by atoms with van der Waals surface area (Å²) in [7, 11) is 0. The Balaban J connectivity index is 1.88. The SMILES string of the molecule is O=C(O)C1CCCCCN1C(=O)CCC1CCCO1. The normalized spacial score (nSPS) is 28.1. The van der Waals surface area contributed by atoms with Gasteiger partial charge < -0.3 is 14.7 Å². The average molecular weight is 269 g/mol. The lowest BCUT2D eigenvalue weighted by Crippen LogP contribution is -2.44. The first-order valence-electron chi connectivity index (χ1n) is 7.32. The number of hydrogen-bond acceptors (Lipinski definition) is 3. The summed E-state index contributed by atoms with van der Waals surface area (Å²) in [6, 6.07) is -0.625. The van der Waals surface area contributed by atoms with Gasteiger partial charge in [-0.2, -0.15) is 0 Å². The molecule has 0 spiro atoms. The minimum atomic E-state index is -0.868. The lowest BCUT2D eigenvalue weighted by molar-refractivity contribution is -0.150. The van der Waals surface area contributed by atoms with E-state index in [1.54, 1.807) is 4.90 Å². The summed E-state index contributed by atoms with van der Waals surface area (Å²) in [5, 5.41) is 9.24. The number of aliphatic carboxylic acids is 1. The van der Waals surface area contributed by atoms with Crippen LogP contribution in [0.4, 0.5) is 0 Å². The molecular weight excluding hydrogens is 246 g/mol. The van der Waals surface area contributed by atoms with Gasteiger partial charge in [-0.25, -0.2) is 4.79 Å². The van der Waals surface area contributed by atoms with Crippen LogP contribution >= 0.6 is 0 Å². The smallest absolute Gasteiger partial charge is 0.326 e. The quantitative estimate of drug-likeness (QED) is 0.845. The highest BCUT2D eigenvalue weighted by atomic mass is 16.5. The Labute approximate surface area is 113 Å². The van der Waals surface area contributed by atoms with E-state index in [1.165, 1.54) is 0 Å². The van der Waals surface area contributed by atoms with Gasteiger partial charge in [-0.05, 0) is 32.1 Å². The third-order valence-electron chi connectivity index (χ3n) is 4.06. The Morgan fingerprint density at radius 3 is 2.68 bits per heavy atom. The Hall–Kier alpha value is -1.10. The number of hydrogen-bond donors (Lipinski definition) is 1. The molecule has 2 unspecified atom stereocenters. The van der Waals surface area contributed by atoms with E-state index in [1.807, 2.05) is 0 Å². The summed E-state index contributed by atoms with van der Waals surface area (Å²) in [4.78, 5) is 25.1. The van der Waals surface area contributed by atoms with Crippen LogP contribution in [0.5, 0.6) is 0 Å². The van der Waals surface area contributed by atoms with E-state index in [4.69, 9.17) is 4.74 Å². The minimum Gasteiger partial charge on any atom is -0.480 e. The highest BCUT2D eigenvalue weighted by Gasteiger charge is 2.30. The van der Waals surface area contributed by atoms with Crippen LogP contribution in [0.25, 0.3) is 0 Å². The molecular formula is C14H23NO4. The zero-order valence-electron chi connectivity index (χ0n) is 11.3. The van der Waals surface area contributed by atoms with Crippen molar-refractivity contribution in [1.29, 1.82) is 0 Å². The molecule has 5 nitrogen and oxygen atoms in total. The predicted octanol–water partition coefficient (Wildman–Crippen LogP) is 1.80. The minimum absolute atomic E-state index is 0.0233. The molecule has 0 aromatic rings. The van der Waals surface area contributed by atoms with Gasteiger partial charge in [0.05, 0.1) is 6.10 Å². The van der Waals surface area contributed by atoms with Gasteiger partial charge in [0.25, 0.3) is 0 Å². The molecule has 1 N–H and O–H groups in total. The number of amides is 1. The molecule has 0 aromatic heterocycles. The largest absolute Gasteiger partial charge is 0.480 e. The van der Waals surface area contributed by atoms with Crippen molar-refractivity contribution in [1.82, 2.24) is 4.90 Å². The molecule has 5 heteroatoms. The molecule has 2 heterocycles. The highest BCUT2D eigenvalue weighted by Crippen LogP contribution is 2.21. The zero-order valence-corrected chi connectivity index (χ0v) is 11.3. The maximum absolute atomic E-state index is 12.2. The Bertz CT molecular complexity index is 325. The number of rotatable bonds is 4. The lowest BCUT2D eigenvalue weighted by atomic mass is 10.1. The van der Waals surface area contributed by atoms with Crippen LogP contribution in [0.3, 0.4) is 0 Å². The first-order valence-corrected chi connectivity index (χ1v) is 7.32. The summed E-state index contributed by atoms with van der Waals surface area (Å²) < 4.78 is 5.50. The second-order valence-corrected chi connectivity index (χ2v) is 5.46. The van der Waals surface area contributed by atoms with Crippen LogP contribution in [0, 0.1) is 0 Å². The Kier molecular flexibility index (Phi) is 5.19. The summed E-state index contributed by atoms with van der Waals surface area (Å²) in [5.41, 5.74) is 0. The molecule has 2 aliphatic heterocycles. The number of ether oxygens (including phenoxy) is 1. The summed E-state index contributed by atoms with van der Waals surface area (Å²) in [6.07, 6.45) is 6.83. The molecule has 2 saturated heterocycles. The van der Waals surface area contributed by atoms with E-state index in [9.17, 15) is 14.7 Å². The molecule has 2 aliphatic rings. The van der Waals surface area contributed by atoms with Crippen molar-refractivity contribution in [3.63, 3.8) is 0 Å². The van der Waals surface area contributed by atoms with E-state index in [0.717, 1.165) is 45.1 Å². The van der Waals surface area contributed by atoms with Gasteiger partial charge in [0.15, 0.2) is 0 Å². The zero-order chi connectivity index (χ0) is 13.7. The van der Waals surface area contributed by atoms with Crippen molar-refractivity contribution in [3.8, 4) is 0 Å². The van der Waals surface area contributed by atoms with Crippen LogP contribution in [-0.2, 0) is 14.3 Å². The molecule has 0 saturated carbocycles. The Morgan fingerprint density at radius 2 is 2.00 bits per heavy atom. The van der Waals surface area contributed by atoms with E-state index < -0.39 is 12.0 Å². The van der Waals surface area contributed by atoms with Crippen molar-refractivity contribution in [2.24, 2.45) is 0 Å². The molecule has 0 aliphatic carbocycles. The van der Waals surface area contributed by atoms with Gasteiger partial charge in [0.1, 0.15) is 6.04 Å². The molecule has 0 bridgehead atoms. The third kappa shape index (κ3) is 3.93. The van der Waals surface area contributed by atoms with E-state index in [2.05, 4.69) is 0 Å². The fraction of sp³-hybridized carbons (Fsp3) is 0.857. The number of carboxylic acid groups (broad SMARTS) is 1. The predicted molar refractivity (Wildman–Crippen MR) is 69.8 cm³/mol. The fourth-order valence-corrected chi connectivity index (χ4v) is 2.96. The van der Waals surface area contributed by atoms with Gasteiger partial charge in [0, 0.05) is 19.6 Å². The molecule has 1 amide bonds. The second kappa shape index (κ2) is 6.89. The van der Waals surface area contributed by atoms with Gasteiger partial charge >= 0.3 is 5.97 Å². The molecule has 2 atom stereocenters. The maximum atomic E-state index is 12.2.